The van der Waals surface area contributed by atoms with Gasteiger partial charge in [-0.05, 0) is 40.7 Å². The van der Waals surface area contributed by atoms with Gasteiger partial charge in [0.05, 0.1) is 6.42 Å². The van der Waals surface area contributed by atoms with E-state index < -0.39 is 42.9 Å². The fourth-order valence-electron chi connectivity index (χ4n) is 3.96. The van der Waals surface area contributed by atoms with Gasteiger partial charge in [0, 0.05) is 5.92 Å². The Balaban J connectivity index is 1.65. The third-order valence-electron chi connectivity index (χ3n) is 5.59. The van der Waals surface area contributed by atoms with E-state index in [1.807, 2.05) is 53.8 Å². The lowest BCUT2D eigenvalue weighted by molar-refractivity contribution is -0.139. The molecule has 0 spiro atoms. The highest BCUT2D eigenvalue weighted by molar-refractivity contribution is 7.98. The monoisotopic (exact) mass is 492 g/mol. The minimum absolute atomic E-state index is 0.0371. The quantitative estimate of drug-likeness (QED) is 0.440. The fourth-order valence-corrected chi connectivity index (χ4v) is 4.43. The molecule has 2 aromatic carbocycles. The molecule has 7 nitrogen and oxygen atoms in total. The number of carboxylic acids is 1. The molecule has 0 aromatic heterocycles. The maximum absolute atomic E-state index is 13.1. The van der Waals surface area contributed by atoms with Crippen LogP contribution in [0.4, 0.5) is 13.6 Å². The molecular weight excluding hydrogens is 466 g/mol. The van der Waals surface area contributed by atoms with Crippen molar-refractivity contribution in [1.82, 2.24) is 10.6 Å². The van der Waals surface area contributed by atoms with Gasteiger partial charge in [-0.15, -0.1) is 0 Å². The van der Waals surface area contributed by atoms with Gasteiger partial charge in [0.2, 0.25) is 5.91 Å². The minimum atomic E-state index is -3.06. The maximum Gasteiger partial charge on any atom is 0.407 e. The largest absolute Gasteiger partial charge is 0.481 e. The molecule has 0 fully saturated rings. The van der Waals surface area contributed by atoms with Crippen LogP contribution in [-0.2, 0) is 14.3 Å². The molecule has 0 aliphatic heterocycles. The summed E-state index contributed by atoms with van der Waals surface area (Å²) in [6, 6.07) is 12.7. The summed E-state index contributed by atoms with van der Waals surface area (Å²) in [7, 11) is 0. The molecule has 1 aliphatic rings. The van der Waals surface area contributed by atoms with E-state index in [1.54, 1.807) is 6.26 Å². The average Bonchev–Trinajstić information content (AvgIpc) is 3.13. The summed E-state index contributed by atoms with van der Waals surface area (Å²) in [4.78, 5) is 35.9. The van der Waals surface area contributed by atoms with Gasteiger partial charge in [-0.2, -0.15) is 11.8 Å². The number of hydrogen-bond donors (Lipinski definition) is 3. The number of halogens is 2. The van der Waals surface area contributed by atoms with Gasteiger partial charge < -0.3 is 20.5 Å². The Bertz CT molecular complexity index is 990. The maximum atomic E-state index is 13.1. The predicted molar refractivity (Wildman–Crippen MR) is 125 cm³/mol. The summed E-state index contributed by atoms with van der Waals surface area (Å²) in [5.41, 5.74) is 4.20. The van der Waals surface area contributed by atoms with E-state index in [-0.39, 0.29) is 18.9 Å². The second-order valence-electron chi connectivity index (χ2n) is 7.85. The molecule has 1 aliphatic carbocycles. The van der Waals surface area contributed by atoms with Crippen LogP contribution in [-0.4, -0.2) is 60.2 Å². The molecule has 1 unspecified atom stereocenters. The number of amides is 2. The molecule has 10 heteroatoms. The number of thioether (sulfide) groups is 1. The van der Waals surface area contributed by atoms with Crippen molar-refractivity contribution in [3.63, 3.8) is 0 Å². The SMILES string of the molecule is CSCC[C@H](NC(=O)OCC1c2ccccc2-c2ccccc21)C(=O)NC(CC(=O)O)C(F)F. The topological polar surface area (TPSA) is 105 Å². The Morgan fingerprint density at radius 2 is 1.62 bits per heavy atom. The van der Waals surface area contributed by atoms with Crippen molar-refractivity contribution >= 4 is 29.7 Å². The number of hydrogen-bond acceptors (Lipinski definition) is 5. The molecule has 0 radical (unpaired) electrons. The summed E-state index contributed by atoms with van der Waals surface area (Å²) < 4.78 is 31.7. The van der Waals surface area contributed by atoms with Gasteiger partial charge in [0.25, 0.3) is 6.43 Å². The van der Waals surface area contributed by atoms with E-state index in [4.69, 9.17) is 9.84 Å². The summed E-state index contributed by atoms with van der Waals surface area (Å²) >= 11 is 1.41. The van der Waals surface area contributed by atoms with Gasteiger partial charge in [-0.25, -0.2) is 13.6 Å². The van der Waals surface area contributed by atoms with Crippen LogP contribution in [0.2, 0.25) is 0 Å². The first-order valence-corrected chi connectivity index (χ1v) is 12.1. The van der Waals surface area contributed by atoms with Gasteiger partial charge in [-0.3, -0.25) is 9.59 Å². The number of benzene rings is 2. The molecule has 3 rings (SSSR count). The van der Waals surface area contributed by atoms with Crippen molar-refractivity contribution in [2.75, 3.05) is 18.6 Å². The zero-order valence-electron chi connectivity index (χ0n) is 18.5. The van der Waals surface area contributed by atoms with E-state index >= 15 is 0 Å². The second-order valence-corrected chi connectivity index (χ2v) is 8.84. The predicted octanol–water partition coefficient (Wildman–Crippen LogP) is 3.87. The van der Waals surface area contributed by atoms with Crippen molar-refractivity contribution in [2.45, 2.75) is 37.3 Å². The van der Waals surface area contributed by atoms with Crippen LogP contribution in [0.25, 0.3) is 11.1 Å². The molecule has 34 heavy (non-hydrogen) atoms. The second kappa shape index (κ2) is 11.8. The highest BCUT2D eigenvalue weighted by Gasteiger charge is 2.31. The van der Waals surface area contributed by atoms with Crippen LogP contribution >= 0.6 is 11.8 Å². The molecule has 2 amide bonds. The van der Waals surface area contributed by atoms with Crippen LogP contribution in [0.5, 0.6) is 0 Å². The van der Waals surface area contributed by atoms with Crippen molar-refractivity contribution in [1.29, 1.82) is 0 Å². The number of alkyl carbamates (subject to hydrolysis) is 1. The summed E-state index contributed by atoms with van der Waals surface area (Å²) in [5, 5.41) is 13.3. The lowest BCUT2D eigenvalue weighted by atomic mass is 9.98. The lowest BCUT2D eigenvalue weighted by Crippen LogP contribution is -2.52. The molecule has 3 N–H and O–H groups in total. The fraction of sp³-hybridized carbons (Fsp3) is 0.375. The van der Waals surface area contributed by atoms with Crippen LogP contribution < -0.4 is 10.6 Å². The van der Waals surface area contributed by atoms with Crippen molar-refractivity contribution in [2.24, 2.45) is 0 Å². The smallest absolute Gasteiger partial charge is 0.407 e. The Labute approximate surface area is 200 Å². The Hall–Kier alpha value is -3.14. The molecule has 2 aromatic rings. The number of rotatable bonds is 11. The Morgan fingerprint density at radius 3 is 2.15 bits per heavy atom. The number of fused-ring (bicyclic) bond motifs is 3. The number of carbonyl (C=O) groups is 3. The lowest BCUT2D eigenvalue weighted by Gasteiger charge is -2.22. The first-order valence-electron chi connectivity index (χ1n) is 10.7. The van der Waals surface area contributed by atoms with Crippen LogP contribution in [0.1, 0.15) is 29.9 Å². The molecule has 2 atom stereocenters. The Morgan fingerprint density at radius 1 is 1.03 bits per heavy atom. The number of aliphatic carboxylic acids is 1. The van der Waals surface area contributed by atoms with E-state index in [0.717, 1.165) is 22.3 Å². The Kier molecular flexibility index (Phi) is 8.86. The summed E-state index contributed by atoms with van der Waals surface area (Å²) in [6.07, 6.45) is -2.87. The third kappa shape index (κ3) is 6.25. The molecule has 0 heterocycles. The molecular formula is C24H26F2N2O5S. The van der Waals surface area contributed by atoms with Gasteiger partial charge >= 0.3 is 12.1 Å². The van der Waals surface area contributed by atoms with E-state index in [0.29, 0.717) is 5.75 Å². The van der Waals surface area contributed by atoms with Gasteiger partial charge in [0.1, 0.15) is 18.7 Å². The number of carbonyl (C=O) groups excluding carboxylic acids is 2. The average molecular weight is 493 g/mol. The number of nitrogens with one attached hydrogen (secondary N) is 2. The van der Waals surface area contributed by atoms with Crippen molar-refractivity contribution in [3.8, 4) is 11.1 Å². The first kappa shape index (κ1) is 25.5. The first-order chi connectivity index (χ1) is 16.3. The highest BCUT2D eigenvalue weighted by atomic mass is 32.2. The van der Waals surface area contributed by atoms with Crippen LogP contribution in [0.15, 0.2) is 48.5 Å². The standard InChI is InChI=1S/C24H26F2N2O5S/c1-34-11-10-19(23(31)27-20(22(25)26)12-21(29)30)28-24(32)33-13-18-16-8-4-2-6-14(16)15-7-3-5-9-17(15)18/h2-9,18-20,22H,10-13H2,1H3,(H,27,31)(H,28,32)(H,29,30)/t19-,20?/m0/s1. The van der Waals surface area contributed by atoms with E-state index in [1.165, 1.54) is 11.8 Å². The minimum Gasteiger partial charge on any atom is -0.481 e. The zero-order valence-corrected chi connectivity index (χ0v) is 19.3. The normalized spacial score (nSPS) is 14.1. The summed E-state index contributed by atoms with van der Waals surface area (Å²) in [6.45, 7) is 0.0371. The molecule has 182 valence electrons. The molecule has 0 saturated carbocycles. The van der Waals surface area contributed by atoms with Gasteiger partial charge in [-0.1, -0.05) is 48.5 Å². The highest BCUT2D eigenvalue weighted by Crippen LogP contribution is 2.44. The van der Waals surface area contributed by atoms with Crippen molar-refractivity contribution < 1.29 is 33.0 Å². The van der Waals surface area contributed by atoms with E-state index in [9.17, 15) is 23.2 Å². The molecule has 0 bridgehead atoms. The van der Waals surface area contributed by atoms with Crippen LogP contribution in [0, 0.1) is 0 Å². The van der Waals surface area contributed by atoms with E-state index in [2.05, 4.69) is 5.32 Å². The zero-order chi connectivity index (χ0) is 24.7. The third-order valence-corrected chi connectivity index (χ3v) is 6.23. The van der Waals surface area contributed by atoms with Gasteiger partial charge in [0.15, 0.2) is 0 Å². The number of alkyl halides is 2. The van der Waals surface area contributed by atoms with Crippen LogP contribution in [0.3, 0.4) is 0 Å². The molecule has 0 saturated heterocycles. The number of ether oxygens (including phenoxy) is 1. The summed E-state index contributed by atoms with van der Waals surface area (Å²) in [5.74, 6) is -2.04. The number of carboxylic acid groups (broad SMARTS) is 1. The van der Waals surface area contributed by atoms with Crippen molar-refractivity contribution in [3.05, 3.63) is 59.7 Å².